The Balaban J connectivity index is 2.07. The Labute approximate surface area is 112 Å². The Morgan fingerprint density at radius 3 is 2.35 bits per heavy atom. The first-order valence-corrected chi connectivity index (χ1v) is 6.16. The maximum Gasteiger partial charge on any atom is 0.126 e. The van der Waals surface area contributed by atoms with Crippen LogP contribution < -0.4 is 5.32 Å². The van der Waals surface area contributed by atoms with Crippen molar-refractivity contribution in [2.75, 3.05) is 5.32 Å². The Bertz CT molecular complexity index is 508. The van der Waals surface area contributed by atoms with Crippen LogP contribution in [0.1, 0.15) is 5.56 Å². The molecule has 2 rings (SSSR count). The Hall–Kier alpha value is -1.17. The van der Waals surface area contributed by atoms with Gasteiger partial charge in [0.25, 0.3) is 0 Å². The van der Waals surface area contributed by atoms with E-state index in [0.29, 0.717) is 12.1 Å². The summed E-state index contributed by atoms with van der Waals surface area (Å²) in [6.45, 7) is 0.398. The van der Waals surface area contributed by atoms with Crippen molar-refractivity contribution in [3.8, 4) is 0 Å². The smallest absolute Gasteiger partial charge is 0.126 e. The van der Waals surface area contributed by atoms with E-state index in [1.165, 1.54) is 12.1 Å². The van der Waals surface area contributed by atoms with Crippen LogP contribution in [-0.2, 0) is 6.54 Å². The lowest BCUT2D eigenvalue weighted by Crippen LogP contribution is -2.00. The second-order valence-electron chi connectivity index (χ2n) is 3.64. The number of anilines is 1. The molecule has 88 valence electrons. The van der Waals surface area contributed by atoms with Crippen molar-refractivity contribution in [2.24, 2.45) is 0 Å². The van der Waals surface area contributed by atoms with Crippen molar-refractivity contribution in [3.05, 3.63) is 63.2 Å². The zero-order valence-electron chi connectivity index (χ0n) is 8.88. The monoisotopic (exact) mass is 345 g/mol. The Kier molecular flexibility index (Phi) is 3.93. The van der Waals surface area contributed by atoms with E-state index < -0.39 is 11.6 Å². The number of halogens is 3. The van der Waals surface area contributed by atoms with Gasteiger partial charge in [-0.2, -0.15) is 0 Å². The van der Waals surface area contributed by atoms with E-state index in [-0.39, 0.29) is 0 Å². The summed E-state index contributed by atoms with van der Waals surface area (Å²) in [6.07, 6.45) is 0. The molecule has 17 heavy (non-hydrogen) atoms. The minimum atomic E-state index is -0.551. The summed E-state index contributed by atoms with van der Waals surface area (Å²) in [6, 6.07) is 11.3. The highest BCUT2D eigenvalue weighted by Gasteiger charge is 2.00. The molecule has 2 aromatic rings. The summed E-state index contributed by atoms with van der Waals surface area (Å²) < 4.78 is 27.0. The van der Waals surface area contributed by atoms with Gasteiger partial charge in [-0.25, -0.2) is 8.78 Å². The molecule has 0 saturated carbocycles. The molecule has 0 bridgehead atoms. The molecule has 0 radical (unpaired) electrons. The SMILES string of the molecule is Fc1cc(F)cc(CNc2cccc(I)c2)c1. The fraction of sp³-hybridized carbons (Fsp3) is 0.0769. The molecule has 1 N–H and O–H groups in total. The topological polar surface area (TPSA) is 12.0 Å². The van der Waals surface area contributed by atoms with Crippen molar-refractivity contribution in [1.29, 1.82) is 0 Å². The van der Waals surface area contributed by atoms with Crippen molar-refractivity contribution in [2.45, 2.75) is 6.54 Å². The molecule has 0 amide bonds. The second kappa shape index (κ2) is 5.44. The fourth-order valence-corrected chi connectivity index (χ4v) is 2.06. The summed E-state index contributed by atoms with van der Waals surface area (Å²) in [5.41, 5.74) is 1.52. The normalized spacial score (nSPS) is 10.3. The molecule has 2 aromatic carbocycles. The maximum atomic E-state index is 12.9. The van der Waals surface area contributed by atoms with Crippen LogP contribution in [0.2, 0.25) is 0 Å². The van der Waals surface area contributed by atoms with E-state index >= 15 is 0 Å². The highest BCUT2D eigenvalue weighted by atomic mass is 127. The van der Waals surface area contributed by atoms with Gasteiger partial charge < -0.3 is 5.32 Å². The van der Waals surface area contributed by atoms with E-state index in [4.69, 9.17) is 0 Å². The van der Waals surface area contributed by atoms with Gasteiger partial charge in [0.2, 0.25) is 0 Å². The molecule has 0 aliphatic rings. The molecule has 0 atom stereocenters. The van der Waals surface area contributed by atoms with Crippen LogP contribution >= 0.6 is 22.6 Å². The van der Waals surface area contributed by atoms with Crippen LogP contribution in [0.4, 0.5) is 14.5 Å². The first-order valence-electron chi connectivity index (χ1n) is 5.08. The van der Waals surface area contributed by atoms with Crippen LogP contribution in [0.25, 0.3) is 0 Å². The molecule has 0 aliphatic heterocycles. The van der Waals surface area contributed by atoms with E-state index in [0.717, 1.165) is 15.3 Å². The maximum absolute atomic E-state index is 12.9. The average Bonchev–Trinajstić information content (AvgIpc) is 2.25. The molecule has 0 heterocycles. The molecule has 0 saturated heterocycles. The molecule has 0 spiro atoms. The quantitative estimate of drug-likeness (QED) is 0.823. The predicted molar refractivity (Wildman–Crippen MR) is 72.8 cm³/mol. The highest BCUT2D eigenvalue weighted by molar-refractivity contribution is 14.1. The third kappa shape index (κ3) is 3.66. The van der Waals surface area contributed by atoms with Crippen molar-refractivity contribution in [1.82, 2.24) is 0 Å². The number of hydrogen-bond donors (Lipinski definition) is 1. The first-order chi connectivity index (χ1) is 8.13. The van der Waals surface area contributed by atoms with Gasteiger partial charge in [0.15, 0.2) is 0 Å². The fourth-order valence-electron chi connectivity index (χ4n) is 1.52. The highest BCUT2D eigenvalue weighted by Crippen LogP contribution is 2.14. The van der Waals surface area contributed by atoms with Crippen LogP contribution in [0, 0.1) is 15.2 Å². The summed E-state index contributed by atoms with van der Waals surface area (Å²) >= 11 is 2.21. The summed E-state index contributed by atoms with van der Waals surface area (Å²) in [4.78, 5) is 0. The molecular formula is C13H10F2IN. The molecule has 0 aromatic heterocycles. The molecule has 4 heteroatoms. The van der Waals surface area contributed by atoms with Crippen LogP contribution in [0.3, 0.4) is 0 Å². The minimum Gasteiger partial charge on any atom is -0.381 e. The molecule has 1 nitrogen and oxygen atoms in total. The Morgan fingerprint density at radius 1 is 1.00 bits per heavy atom. The van der Waals surface area contributed by atoms with E-state index in [1.54, 1.807) is 0 Å². The van der Waals surface area contributed by atoms with Gasteiger partial charge in [-0.3, -0.25) is 0 Å². The minimum absolute atomic E-state index is 0.398. The number of hydrogen-bond acceptors (Lipinski definition) is 1. The predicted octanol–water partition coefficient (Wildman–Crippen LogP) is 4.18. The first kappa shape index (κ1) is 12.3. The molecule has 0 fully saturated rings. The molecule has 0 unspecified atom stereocenters. The van der Waals surface area contributed by atoms with Crippen LogP contribution in [0.15, 0.2) is 42.5 Å². The summed E-state index contributed by atoms with van der Waals surface area (Å²) in [5.74, 6) is -1.10. The number of rotatable bonds is 3. The van der Waals surface area contributed by atoms with Gasteiger partial charge in [0.05, 0.1) is 0 Å². The van der Waals surface area contributed by atoms with Crippen LogP contribution in [-0.4, -0.2) is 0 Å². The lowest BCUT2D eigenvalue weighted by atomic mass is 10.2. The Morgan fingerprint density at radius 2 is 1.71 bits per heavy atom. The van der Waals surface area contributed by atoms with Crippen molar-refractivity contribution >= 4 is 28.3 Å². The lowest BCUT2D eigenvalue weighted by Gasteiger charge is -2.07. The van der Waals surface area contributed by atoms with E-state index in [2.05, 4.69) is 27.9 Å². The molecular weight excluding hydrogens is 335 g/mol. The lowest BCUT2D eigenvalue weighted by molar-refractivity contribution is 0.580. The van der Waals surface area contributed by atoms with Gasteiger partial charge in [0, 0.05) is 21.9 Å². The third-order valence-electron chi connectivity index (χ3n) is 2.24. The summed E-state index contributed by atoms with van der Waals surface area (Å²) in [5, 5.41) is 3.12. The van der Waals surface area contributed by atoms with E-state index in [9.17, 15) is 8.78 Å². The van der Waals surface area contributed by atoms with Crippen molar-refractivity contribution in [3.63, 3.8) is 0 Å². The molecule has 0 aliphatic carbocycles. The zero-order chi connectivity index (χ0) is 12.3. The average molecular weight is 345 g/mol. The standard InChI is InChI=1S/C13H10F2IN/c14-10-4-9(5-11(15)6-10)8-17-13-3-1-2-12(16)7-13/h1-7,17H,8H2. The van der Waals surface area contributed by atoms with Gasteiger partial charge in [-0.15, -0.1) is 0 Å². The third-order valence-corrected chi connectivity index (χ3v) is 2.91. The van der Waals surface area contributed by atoms with Gasteiger partial charge in [-0.1, -0.05) is 6.07 Å². The van der Waals surface area contributed by atoms with Crippen LogP contribution in [0.5, 0.6) is 0 Å². The van der Waals surface area contributed by atoms with E-state index in [1.807, 2.05) is 24.3 Å². The van der Waals surface area contributed by atoms with Crippen molar-refractivity contribution < 1.29 is 8.78 Å². The summed E-state index contributed by atoms with van der Waals surface area (Å²) in [7, 11) is 0. The number of benzene rings is 2. The van der Waals surface area contributed by atoms with Gasteiger partial charge in [-0.05, 0) is 58.5 Å². The number of nitrogens with one attached hydrogen (secondary N) is 1. The van der Waals surface area contributed by atoms with Gasteiger partial charge >= 0.3 is 0 Å². The zero-order valence-corrected chi connectivity index (χ0v) is 11.0. The van der Waals surface area contributed by atoms with Gasteiger partial charge in [0.1, 0.15) is 11.6 Å². The second-order valence-corrected chi connectivity index (χ2v) is 4.89. The largest absolute Gasteiger partial charge is 0.381 e.